The van der Waals surface area contributed by atoms with Crippen LogP contribution in [0.15, 0.2) is 18.5 Å². The lowest BCUT2D eigenvalue weighted by molar-refractivity contribution is 0.0870. The van der Waals surface area contributed by atoms with E-state index < -0.39 is 0 Å². The van der Waals surface area contributed by atoms with Crippen LogP contribution in [0.3, 0.4) is 0 Å². The average Bonchev–Trinajstić information content (AvgIpc) is 2.72. The van der Waals surface area contributed by atoms with Crippen LogP contribution in [0.5, 0.6) is 0 Å². The first kappa shape index (κ1) is 11.9. The molecular weight excluding hydrogens is 194 g/mol. The molecule has 0 spiro atoms. The van der Waals surface area contributed by atoms with Crippen LogP contribution in [0.1, 0.15) is 23.7 Å². The van der Waals surface area contributed by atoms with Crippen LogP contribution in [0.25, 0.3) is 0 Å². The lowest BCUT2D eigenvalue weighted by atomic mass is 10.2. The van der Waals surface area contributed by atoms with E-state index in [1.807, 2.05) is 30.0 Å². The van der Waals surface area contributed by atoms with Gasteiger partial charge in [-0.2, -0.15) is 0 Å². The van der Waals surface area contributed by atoms with Gasteiger partial charge in [0.05, 0.1) is 19.8 Å². The van der Waals surface area contributed by atoms with Gasteiger partial charge in [-0.15, -0.1) is 0 Å². The molecule has 0 unspecified atom stereocenters. The number of hydrogen-bond donors (Lipinski definition) is 1. The predicted molar refractivity (Wildman–Crippen MR) is 57.0 cm³/mol. The summed E-state index contributed by atoms with van der Waals surface area (Å²) in [6.45, 7) is 3.52. The van der Waals surface area contributed by atoms with Crippen molar-refractivity contribution < 1.29 is 14.6 Å². The fourth-order valence-corrected chi connectivity index (χ4v) is 1.29. The Morgan fingerprint density at radius 1 is 1.53 bits per heavy atom. The summed E-state index contributed by atoms with van der Waals surface area (Å²) in [5.74, 6) is 0.157. The van der Waals surface area contributed by atoms with E-state index in [2.05, 4.69) is 0 Å². The van der Waals surface area contributed by atoms with Crippen molar-refractivity contribution in [2.24, 2.45) is 0 Å². The quantitative estimate of drug-likeness (QED) is 0.542. The molecule has 15 heavy (non-hydrogen) atoms. The summed E-state index contributed by atoms with van der Waals surface area (Å²) in [5.41, 5.74) is 0.750. The van der Waals surface area contributed by atoms with Crippen LogP contribution in [-0.2, 0) is 11.3 Å². The molecule has 1 N–H and O–H groups in total. The molecular formula is C11H17NO3. The Balaban J connectivity index is 2.36. The molecule has 0 saturated carbocycles. The Hall–Kier alpha value is -1.13. The fraction of sp³-hybridized carbons (Fsp3) is 0.545. The van der Waals surface area contributed by atoms with Gasteiger partial charge in [0.15, 0.2) is 5.78 Å². The summed E-state index contributed by atoms with van der Waals surface area (Å²) in [4.78, 5) is 11.3. The zero-order valence-electron chi connectivity index (χ0n) is 8.98. The minimum atomic E-state index is 0.0469. The fourth-order valence-electron chi connectivity index (χ4n) is 1.29. The Kier molecular flexibility index (Phi) is 5.07. The third kappa shape index (κ3) is 3.85. The van der Waals surface area contributed by atoms with Crippen LogP contribution in [0.2, 0.25) is 0 Å². The molecule has 0 aromatic carbocycles. The van der Waals surface area contributed by atoms with Gasteiger partial charge in [0.2, 0.25) is 0 Å². The molecule has 0 aliphatic heterocycles. The second-order valence-corrected chi connectivity index (χ2v) is 3.25. The minimum absolute atomic E-state index is 0.0469. The highest BCUT2D eigenvalue weighted by molar-refractivity contribution is 5.95. The molecule has 1 rings (SSSR count). The lowest BCUT2D eigenvalue weighted by Crippen LogP contribution is -2.07. The molecule has 84 valence electrons. The van der Waals surface area contributed by atoms with Crippen molar-refractivity contribution in [3.8, 4) is 0 Å². The maximum absolute atomic E-state index is 11.3. The van der Waals surface area contributed by atoms with Gasteiger partial charge in [-0.05, 0) is 6.07 Å². The first-order chi connectivity index (χ1) is 7.27. The largest absolute Gasteiger partial charge is 0.394 e. The van der Waals surface area contributed by atoms with Crippen molar-refractivity contribution in [1.82, 2.24) is 4.57 Å². The van der Waals surface area contributed by atoms with E-state index >= 15 is 0 Å². The predicted octanol–water partition coefficient (Wildman–Crippen LogP) is 1.09. The Morgan fingerprint density at radius 2 is 2.33 bits per heavy atom. The number of aliphatic hydroxyl groups excluding tert-OH is 1. The van der Waals surface area contributed by atoms with Crippen molar-refractivity contribution in [2.75, 3.05) is 19.8 Å². The summed E-state index contributed by atoms with van der Waals surface area (Å²) in [7, 11) is 0. The van der Waals surface area contributed by atoms with Crippen molar-refractivity contribution in [1.29, 1.82) is 0 Å². The van der Waals surface area contributed by atoms with Crippen LogP contribution < -0.4 is 0 Å². The Morgan fingerprint density at radius 3 is 3.00 bits per heavy atom. The van der Waals surface area contributed by atoms with Gasteiger partial charge in [-0.3, -0.25) is 4.79 Å². The average molecular weight is 211 g/mol. The number of nitrogens with zero attached hydrogens (tertiary/aromatic N) is 1. The molecule has 0 aliphatic rings. The van der Waals surface area contributed by atoms with Crippen LogP contribution in [0, 0.1) is 0 Å². The van der Waals surface area contributed by atoms with E-state index in [1.54, 1.807) is 0 Å². The maximum atomic E-state index is 11.3. The normalized spacial score (nSPS) is 10.5. The van der Waals surface area contributed by atoms with Gasteiger partial charge in [-0.25, -0.2) is 0 Å². The summed E-state index contributed by atoms with van der Waals surface area (Å²) in [6, 6.07) is 1.82. The summed E-state index contributed by atoms with van der Waals surface area (Å²) in [5, 5.41) is 8.50. The van der Waals surface area contributed by atoms with E-state index in [0.29, 0.717) is 26.2 Å². The molecule has 1 heterocycles. The van der Waals surface area contributed by atoms with Crippen LogP contribution >= 0.6 is 0 Å². The molecule has 0 bridgehead atoms. The number of hydrogen-bond acceptors (Lipinski definition) is 3. The summed E-state index contributed by atoms with van der Waals surface area (Å²) >= 11 is 0. The number of aromatic nitrogens is 1. The van der Waals surface area contributed by atoms with Gasteiger partial charge in [0.25, 0.3) is 0 Å². The smallest absolute Gasteiger partial charge is 0.164 e. The zero-order chi connectivity index (χ0) is 11.1. The summed E-state index contributed by atoms with van der Waals surface area (Å²) in [6.07, 6.45) is 4.23. The molecule has 0 amide bonds. The van der Waals surface area contributed by atoms with E-state index in [9.17, 15) is 4.79 Å². The third-order valence-corrected chi connectivity index (χ3v) is 2.12. The number of aliphatic hydroxyl groups is 1. The molecule has 4 heteroatoms. The van der Waals surface area contributed by atoms with Crippen LogP contribution in [0.4, 0.5) is 0 Å². The number of carbonyl (C=O) groups is 1. The Labute approximate surface area is 89.5 Å². The van der Waals surface area contributed by atoms with Gasteiger partial charge < -0.3 is 14.4 Å². The van der Waals surface area contributed by atoms with Crippen molar-refractivity contribution in [3.63, 3.8) is 0 Å². The highest BCUT2D eigenvalue weighted by Crippen LogP contribution is 2.04. The molecule has 4 nitrogen and oxygen atoms in total. The van der Waals surface area contributed by atoms with Gasteiger partial charge in [-0.1, -0.05) is 6.92 Å². The summed E-state index contributed by atoms with van der Waals surface area (Å²) < 4.78 is 7.04. The molecule has 0 atom stereocenters. The molecule has 0 radical (unpaired) electrons. The second-order valence-electron chi connectivity index (χ2n) is 3.25. The minimum Gasteiger partial charge on any atom is -0.394 e. The number of ketones is 1. The Bertz CT molecular complexity index is 307. The second kappa shape index (κ2) is 6.37. The van der Waals surface area contributed by atoms with E-state index in [0.717, 1.165) is 5.56 Å². The molecule has 0 aliphatic carbocycles. The van der Waals surface area contributed by atoms with Gasteiger partial charge in [0, 0.05) is 30.9 Å². The molecule has 1 aromatic rings. The molecule has 0 saturated heterocycles. The number of ether oxygens (including phenoxy) is 1. The molecule has 1 aromatic heterocycles. The first-order valence-electron chi connectivity index (χ1n) is 5.15. The van der Waals surface area contributed by atoms with Gasteiger partial charge in [0.1, 0.15) is 0 Å². The van der Waals surface area contributed by atoms with Crippen molar-refractivity contribution in [2.45, 2.75) is 19.9 Å². The van der Waals surface area contributed by atoms with Crippen molar-refractivity contribution >= 4 is 5.78 Å². The highest BCUT2D eigenvalue weighted by Gasteiger charge is 2.04. The SMILES string of the molecule is CCC(=O)c1ccn(CCOCCO)c1. The van der Waals surface area contributed by atoms with Gasteiger partial charge >= 0.3 is 0 Å². The highest BCUT2D eigenvalue weighted by atomic mass is 16.5. The first-order valence-corrected chi connectivity index (χ1v) is 5.15. The lowest BCUT2D eigenvalue weighted by Gasteiger charge is -2.03. The van der Waals surface area contributed by atoms with E-state index in [1.165, 1.54) is 0 Å². The standard InChI is InChI=1S/C11H17NO3/c1-2-11(14)10-3-4-12(9-10)5-7-15-8-6-13/h3-4,9,13H,2,5-8H2,1H3. The van der Waals surface area contributed by atoms with E-state index in [4.69, 9.17) is 9.84 Å². The van der Waals surface area contributed by atoms with E-state index in [-0.39, 0.29) is 12.4 Å². The monoisotopic (exact) mass is 211 g/mol. The van der Waals surface area contributed by atoms with Crippen molar-refractivity contribution in [3.05, 3.63) is 24.0 Å². The topological polar surface area (TPSA) is 51.5 Å². The molecule has 0 fully saturated rings. The zero-order valence-corrected chi connectivity index (χ0v) is 8.98. The number of Topliss-reactive ketones (excluding diaryl/α,β-unsaturated/α-hetero) is 1. The third-order valence-electron chi connectivity index (χ3n) is 2.12. The van der Waals surface area contributed by atoms with Crippen LogP contribution in [-0.4, -0.2) is 35.3 Å². The number of rotatable bonds is 7. The maximum Gasteiger partial charge on any atom is 0.164 e. The number of carbonyl (C=O) groups excluding carboxylic acids is 1.